The van der Waals surface area contributed by atoms with E-state index in [4.69, 9.17) is 28.4 Å². The van der Waals surface area contributed by atoms with E-state index in [1.807, 2.05) is 24.3 Å². The lowest BCUT2D eigenvalue weighted by molar-refractivity contribution is -0.369. The SMILES string of the molecule is CC1OC(OC2C(O)[C@@H](NC(=O)CCCCCCC(=O)c3ccc(I)cc3)C(CO)O[C@H]2OC(=O)[C@]23CCC(C)(C)CC2C2=CCC4C5(C)CC[C@H](O)[C@](C)(O)[C@@H]5CC[C@@]4(C)[C@]2(C)CC3)C(O)C(O)[C@H]1O[C@@H]1OC[C@@H](O)C(O)C1O. The zero-order valence-electron chi connectivity index (χ0n) is 47.6. The highest BCUT2D eigenvalue weighted by Gasteiger charge is 2.70. The molecule has 1 aromatic rings. The second-order valence-corrected chi connectivity index (χ2v) is 28.1. The van der Waals surface area contributed by atoms with Crippen LogP contribution in [0.5, 0.6) is 0 Å². The van der Waals surface area contributed by atoms with Crippen LogP contribution in [0.2, 0.25) is 0 Å². The normalized spacial score (nSPS) is 46.1. The van der Waals surface area contributed by atoms with Crippen LogP contribution in [0.25, 0.3) is 0 Å². The molecule has 1 aromatic carbocycles. The van der Waals surface area contributed by atoms with Crippen molar-refractivity contribution in [3.05, 3.63) is 45.0 Å². The van der Waals surface area contributed by atoms with E-state index < -0.39 is 122 Å². The zero-order valence-corrected chi connectivity index (χ0v) is 49.7. The van der Waals surface area contributed by atoms with Crippen molar-refractivity contribution in [1.82, 2.24) is 5.32 Å². The molecule has 19 nitrogen and oxygen atoms in total. The average molecular weight is 1240 g/mol. The van der Waals surface area contributed by atoms with Crippen LogP contribution in [0.15, 0.2) is 35.9 Å². The summed E-state index contributed by atoms with van der Waals surface area (Å²) < 4.78 is 37.7. The first kappa shape index (κ1) is 62.3. The van der Waals surface area contributed by atoms with Gasteiger partial charge in [0.15, 0.2) is 24.5 Å². The van der Waals surface area contributed by atoms with Gasteiger partial charge in [0.1, 0.15) is 48.8 Å². The Kier molecular flexibility index (Phi) is 18.6. The predicted octanol–water partition coefficient (Wildman–Crippen LogP) is 4.48. The predicted molar refractivity (Wildman–Crippen MR) is 297 cm³/mol. The number of esters is 1. The fraction of sp³-hybridized carbons (Fsp3) is 0.817. The van der Waals surface area contributed by atoms with Gasteiger partial charge in [-0.2, -0.15) is 0 Å². The van der Waals surface area contributed by atoms with Gasteiger partial charge in [-0.05, 0) is 165 Å². The molecule has 10 N–H and O–H groups in total. The number of Topliss-reactive ketones (excluding diaryl/α,β-unsaturated/α-hetero) is 1. The maximum atomic E-state index is 15.6. The van der Waals surface area contributed by atoms with Crippen LogP contribution in [-0.4, -0.2) is 174 Å². The van der Waals surface area contributed by atoms with Crippen molar-refractivity contribution >= 4 is 40.3 Å². The second kappa shape index (κ2) is 23.9. The molecule has 4 saturated carbocycles. The summed E-state index contributed by atoms with van der Waals surface area (Å²) in [5.41, 5.74) is -1.23. The molecule has 0 bridgehead atoms. The number of aliphatic hydroxyl groups excluding tert-OH is 8. The van der Waals surface area contributed by atoms with Crippen LogP contribution in [0, 0.1) is 48.4 Å². The Labute approximate surface area is 484 Å². The summed E-state index contributed by atoms with van der Waals surface area (Å²) in [5.74, 6) is -1.09. The van der Waals surface area contributed by atoms with Crippen molar-refractivity contribution in [1.29, 1.82) is 0 Å². The number of unbranched alkanes of at least 4 members (excludes halogenated alkanes) is 3. The minimum absolute atomic E-state index is 0.0416. The van der Waals surface area contributed by atoms with Gasteiger partial charge in [0.05, 0.1) is 42.5 Å². The minimum Gasteiger partial charge on any atom is -0.432 e. The Morgan fingerprint density at radius 1 is 0.725 bits per heavy atom. The van der Waals surface area contributed by atoms with Crippen molar-refractivity contribution in [2.45, 2.75) is 249 Å². The molecule has 1 amide bonds. The lowest BCUT2D eigenvalue weighted by Crippen LogP contribution is -2.68. The van der Waals surface area contributed by atoms with Crippen LogP contribution >= 0.6 is 22.6 Å². The Morgan fingerprint density at radius 3 is 2.09 bits per heavy atom. The summed E-state index contributed by atoms with van der Waals surface area (Å²) in [4.78, 5) is 42.0. The highest BCUT2D eigenvalue weighted by Crippen LogP contribution is 2.75. The Bertz CT molecular complexity index is 2410. The maximum Gasteiger partial charge on any atom is 0.315 e. The number of nitrogens with one attached hydrogen (secondary N) is 1. The molecular formula is C60H90INO18. The lowest BCUT2D eigenvalue weighted by atomic mass is 9.34. The molecule has 0 aromatic heterocycles. The molecule has 8 aliphatic rings. The second-order valence-electron chi connectivity index (χ2n) is 26.9. The first-order chi connectivity index (χ1) is 37.6. The minimum atomic E-state index is -1.91. The van der Waals surface area contributed by atoms with Gasteiger partial charge in [0.2, 0.25) is 12.2 Å². The van der Waals surface area contributed by atoms with Gasteiger partial charge >= 0.3 is 5.97 Å². The van der Waals surface area contributed by atoms with Crippen LogP contribution in [-0.2, 0) is 38.0 Å². The highest BCUT2D eigenvalue weighted by atomic mass is 127. The van der Waals surface area contributed by atoms with E-state index in [0.29, 0.717) is 69.8 Å². The molecule has 3 aliphatic heterocycles. The number of ketones is 1. The number of hydrogen-bond donors (Lipinski definition) is 10. The molecule has 450 valence electrons. The van der Waals surface area contributed by atoms with Gasteiger partial charge in [-0.1, -0.05) is 71.2 Å². The number of fused-ring (bicyclic) bond motifs is 7. The van der Waals surface area contributed by atoms with Crippen molar-refractivity contribution < 1.29 is 88.8 Å². The third-order valence-corrected chi connectivity index (χ3v) is 22.3. The molecule has 20 heteroatoms. The van der Waals surface area contributed by atoms with E-state index in [-0.39, 0.29) is 58.2 Å². The quantitative estimate of drug-likeness (QED) is 0.0359. The highest BCUT2D eigenvalue weighted by molar-refractivity contribution is 14.1. The third-order valence-electron chi connectivity index (χ3n) is 21.6. The number of hydrogen-bond acceptors (Lipinski definition) is 18. The molecule has 5 aliphatic carbocycles. The van der Waals surface area contributed by atoms with Gasteiger partial charge in [-0.3, -0.25) is 14.4 Å². The van der Waals surface area contributed by atoms with Crippen molar-refractivity contribution in [3.63, 3.8) is 0 Å². The van der Waals surface area contributed by atoms with Crippen LogP contribution in [0.3, 0.4) is 0 Å². The third kappa shape index (κ3) is 11.4. The largest absolute Gasteiger partial charge is 0.432 e. The number of carbonyl (C=O) groups excluding carboxylic acids is 3. The van der Waals surface area contributed by atoms with Crippen LogP contribution in [0.4, 0.5) is 0 Å². The van der Waals surface area contributed by atoms with E-state index in [9.17, 15) is 55.5 Å². The van der Waals surface area contributed by atoms with Crippen molar-refractivity contribution in [2.24, 2.45) is 44.8 Å². The summed E-state index contributed by atoms with van der Waals surface area (Å²) in [5, 5.41) is 103. The van der Waals surface area contributed by atoms with Gasteiger partial charge in [-0.15, -0.1) is 0 Å². The number of benzene rings is 1. The molecule has 12 unspecified atom stereocenters. The van der Waals surface area contributed by atoms with Gasteiger partial charge in [0, 0.05) is 22.0 Å². The summed E-state index contributed by atoms with van der Waals surface area (Å²) in [7, 11) is 0. The molecule has 3 heterocycles. The standard InChI is InChI=1S/C60H90INO18/c1-31-49(78-51-47(71)44(68)37(65)30-75-51)46(70)48(72)52(76-31)79-50-45(69)43(62-42(67)13-11-9-8-10-12-36(64)32-14-16-33(61)17-15-32)38(29-63)77-53(50)80-54(73)60-26-24-55(2,3)28-35(60)34-18-19-39-56(4)22-21-41(66)59(7,74)40(56)20-23-58(39,6)57(34,5)25-27-60/h14-18,31,35,37-41,43-53,63,65-66,68-72,74H,8-13,19-30H2,1-7H3,(H,62,67)/t31?,35?,37-,38?,39?,40-,41+,43+,44?,45?,46?,47?,48?,49+,50?,51+,52?,53+,56?,57-,58-,59-,60+/m1/s1. The Morgan fingerprint density at radius 2 is 1.39 bits per heavy atom. The van der Waals surface area contributed by atoms with Gasteiger partial charge < -0.3 is 79.7 Å². The number of amides is 1. The maximum absolute atomic E-state index is 15.6. The molecule has 80 heavy (non-hydrogen) atoms. The average Bonchev–Trinajstić information content (AvgIpc) is 2.48. The number of allylic oxidation sites excluding steroid dienone is 2. The van der Waals surface area contributed by atoms with Crippen LogP contribution in [0.1, 0.15) is 162 Å². The summed E-state index contributed by atoms with van der Waals surface area (Å²) in [6, 6.07) is 6.07. The summed E-state index contributed by atoms with van der Waals surface area (Å²) in [6.45, 7) is 13.7. The molecule has 7 fully saturated rings. The first-order valence-electron chi connectivity index (χ1n) is 29.5. The molecule has 3 saturated heterocycles. The molecule has 9 rings (SSSR count). The summed E-state index contributed by atoms with van der Waals surface area (Å²) >= 11 is 2.19. The number of halogens is 1. The topological polar surface area (TPSA) is 301 Å². The zero-order chi connectivity index (χ0) is 58.1. The smallest absolute Gasteiger partial charge is 0.315 e. The van der Waals surface area contributed by atoms with Crippen molar-refractivity contribution in [2.75, 3.05) is 13.2 Å². The molecule has 23 atom stereocenters. The Hall–Kier alpha value is -2.26. The van der Waals surface area contributed by atoms with Crippen molar-refractivity contribution in [3.8, 4) is 0 Å². The van der Waals surface area contributed by atoms with E-state index in [0.717, 1.165) is 35.7 Å². The van der Waals surface area contributed by atoms with E-state index in [2.05, 4.69) is 68.6 Å². The van der Waals surface area contributed by atoms with E-state index in [1.54, 1.807) is 6.92 Å². The van der Waals surface area contributed by atoms with Gasteiger partial charge in [-0.25, -0.2) is 0 Å². The van der Waals surface area contributed by atoms with Gasteiger partial charge in [0.25, 0.3) is 0 Å². The summed E-state index contributed by atoms with van der Waals surface area (Å²) in [6.07, 6.45) is -9.39. The molecular weight excluding hydrogens is 1150 g/mol. The van der Waals surface area contributed by atoms with Crippen LogP contribution < -0.4 is 5.32 Å². The number of aliphatic hydroxyl groups is 9. The van der Waals surface area contributed by atoms with E-state index in [1.165, 1.54) is 12.5 Å². The molecule has 0 spiro atoms. The number of rotatable bonds is 16. The first-order valence-corrected chi connectivity index (χ1v) is 30.5. The fourth-order valence-electron chi connectivity index (χ4n) is 16.5. The molecule has 0 radical (unpaired) electrons. The fourth-order valence-corrected chi connectivity index (χ4v) is 16.8. The Balaban J connectivity index is 0.946. The number of carbonyl (C=O) groups is 3. The lowest BCUT2D eigenvalue weighted by Gasteiger charge is -2.70. The van der Waals surface area contributed by atoms with E-state index >= 15 is 4.79 Å². The number of ether oxygens (including phenoxy) is 6. The monoisotopic (exact) mass is 1240 g/mol.